The maximum absolute atomic E-state index is 13.1. The third-order valence-electron chi connectivity index (χ3n) is 17.3. The van der Waals surface area contributed by atoms with Crippen LogP contribution in [0.15, 0.2) is 60.8 Å². The maximum atomic E-state index is 13.1. The third-order valence-corrected chi connectivity index (χ3v) is 17.3. The van der Waals surface area contributed by atoms with Crippen LogP contribution in [0.25, 0.3) is 0 Å². The molecule has 9 nitrogen and oxygen atoms in total. The number of rotatable bonds is 64. The van der Waals surface area contributed by atoms with Gasteiger partial charge in [0.2, 0.25) is 5.91 Å². The van der Waals surface area contributed by atoms with E-state index >= 15 is 0 Å². The molecule has 0 spiro atoms. The minimum absolute atomic E-state index is 0.185. The molecule has 84 heavy (non-hydrogen) atoms. The number of unbranched alkanes of at least 4 members (excludes halogenated alkanes) is 46. The normalized spacial score (nSPS) is 18.5. The molecule has 1 rings (SSSR count). The topological polar surface area (TPSA) is 149 Å². The van der Waals surface area contributed by atoms with Crippen molar-refractivity contribution in [1.29, 1.82) is 0 Å². The van der Waals surface area contributed by atoms with E-state index in [0.717, 1.165) is 51.4 Å². The fraction of sp³-hybridized carbons (Fsp3) is 0.853. The van der Waals surface area contributed by atoms with Gasteiger partial charge in [-0.25, -0.2) is 0 Å². The van der Waals surface area contributed by atoms with Gasteiger partial charge in [0.15, 0.2) is 6.29 Å². The molecule has 0 aromatic carbocycles. The Bertz CT molecular complexity index is 1510. The summed E-state index contributed by atoms with van der Waals surface area (Å²) < 4.78 is 11.3. The second-order valence-corrected chi connectivity index (χ2v) is 25.4. The van der Waals surface area contributed by atoms with Crippen molar-refractivity contribution in [3.63, 3.8) is 0 Å². The van der Waals surface area contributed by atoms with E-state index in [-0.39, 0.29) is 12.5 Å². The molecule has 1 saturated heterocycles. The van der Waals surface area contributed by atoms with Crippen LogP contribution in [-0.4, -0.2) is 87.5 Å². The molecule has 0 aromatic rings. The largest absolute Gasteiger partial charge is 0.394 e. The molecule has 0 aromatic heterocycles. The van der Waals surface area contributed by atoms with Crippen molar-refractivity contribution in [2.75, 3.05) is 13.2 Å². The Labute approximate surface area is 519 Å². The highest BCUT2D eigenvalue weighted by atomic mass is 16.7. The molecule has 0 bridgehead atoms. The number of aliphatic hydroxyl groups is 5. The predicted molar refractivity (Wildman–Crippen MR) is 359 cm³/mol. The molecule has 7 atom stereocenters. The number of amides is 1. The number of carbonyl (C=O) groups is 1. The van der Waals surface area contributed by atoms with Crippen LogP contribution in [0, 0.1) is 0 Å². The molecular weight excluding hydrogens is 1040 g/mol. The van der Waals surface area contributed by atoms with Crippen molar-refractivity contribution in [2.45, 2.75) is 397 Å². The third kappa shape index (κ3) is 51.9. The van der Waals surface area contributed by atoms with Crippen molar-refractivity contribution in [2.24, 2.45) is 0 Å². The first-order chi connectivity index (χ1) is 41.3. The van der Waals surface area contributed by atoms with Gasteiger partial charge in [-0.1, -0.05) is 331 Å². The highest BCUT2D eigenvalue weighted by molar-refractivity contribution is 5.76. The van der Waals surface area contributed by atoms with Gasteiger partial charge in [0.05, 0.1) is 25.4 Å². The van der Waals surface area contributed by atoms with E-state index in [0.29, 0.717) is 6.42 Å². The second kappa shape index (κ2) is 63.9. The molecule has 0 saturated carbocycles. The summed E-state index contributed by atoms with van der Waals surface area (Å²) in [5, 5.41) is 54.7. The first kappa shape index (κ1) is 79.9. The monoisotopic (exact) mass is 1180 g/mol. The van der Waals surface area contributed by atoms with Crippen molar-refractivity contribution < 1.29 is 39.8 Å². The van der Waals surface area contributed by atoms with Gasteiger partial charge < -0.3 is 40.3 Å². The quantitative estimate of drug-likeness (QED) is 0.0261. The average molecular weight is 1180 g/mol. The number of nitrogens with one attached hydrogen (secondary N) is 1. The highest BCUT2D eigenvalue weighted by Gasteiger charge is 2.44. The Morgan fingerprint density at radius 1 is 0.405 bits per heavy atom. The number of hydrogen-bond donors (Lipinski definition) is 6. The zero-order chi connectivity index (χ0) is 60.7. The van der Waals surface area contributed by atoms with Crippen LogP contribution in [0.3, 0.4) is 0 Å². The zero-order valence-electron chi connectivity index (χ0n) is 55.2. The van der Waals surface area contributed by atoms with Crippen LogP contribution in [0.5, 0.6) is 0 Å². The van der Waals surface area contributed by atoms with E-state index in [9.17, 15) is 30.3 Å². The molecule has 1 aliphatic heterocycles. The lowest BCUT2D eigenvalue weighted by molar-refractivity contribution is -0.302. The number of aliphatic hydroxyl groups excluding tert-OH is 5. The molecule has 6 N–H and O–H groups in total. The lowest BCUT2D eigenvalue weighted by Gasteiger charge is -2.40. The summed E-state index contributed by atoms with van der Waals surface area (Å²) in [4.78, 5) is 13.1. The van der Waals surface area contributed by atoms with Crippen molar-refractivity contribution in [1.82, 2.24) is 5.32 Å². The van der Waals surface area contributed by atoms with Gasteiger partial charge in [-0.2, -0.15) is 0 Å². The highest BCUT2D eigenvalue weighted by Crippen LogP contribution is 2.23. The van der Waals surface area contributed by atoms with Gasteiger partial charge in [0, 0.05) is 6.42 Å². The van der Waals surface area contributed by atoms with E-state index in [2.05, 4.69) is 67.8 Å². The first-order valence-corrected chi connectivity index (χ1v) is 36.5. The Balaban J connectivity index is 2.08. The van der Waals surface area contributed by atoms with Crippen LogP contribution in [0.4, 0.5) is 0 Å². The fourth-order valence-corrected chi connectivity index (χ4v) is 11.6. The van der Waals surface area contributed by atoms with Gasteiger partial charge in [0.1, 0.15) is 24.4 Å². The summed E-state index contributed by atoms with van der Waals surface area (Å²) in [6.45, 7) is 3.79. The van der Waals surface area contributed by atoms with Gasteiger partial charge in [0.25, 0.3) is 0 Å². The van der Waals surface area contributed by atoms with E-state index in [4.69, 9.17) is 9.47 Å². The predicted octanol–water partition coefficient (Wildman–Crippen LogP) is 20.1. The van der Waals surface area contributed by atoms with Crippen molar-refractivity contribution in [3.05, 3.63) is 60.8 Å². The Morgan fingerprint density at radius 2 is 0.714 bits per heavy atom. The Morgan fingerprint density at radius 3 is 1.07 bits per heavy atom. The molecule has 7 unspecified atom stereocenters. The van der Waals surface area contributed by atoms with Crippen molar-refractivity contribution in [3.8, 4) is 0 Å². The Kier molecular flexibility index (Phi) is 60.8. The molecule has 1 fully saturated rings. The molecule has 492 valence electrons. The minimum Gasteiger partial charge on any atom is -0.394 e. The second-order valence-electron chi connectivity index (χ2n) is 25.4. The average Bonchev–Trinajstić information content (AvgIpc) is 3.70. The molecule has 1 amide bonds. The molecular formula is C75H139NO8. The van der Waals surface area contributed by atoms with Gasteiger partial charge >= 0.3 is 0 Å². The summed E-state index contributed by atoms with van der Waals surface area (Å²) in [5.74, 6) is -0.185. The number of hydrogen-bond acceptors (Lipinski definition) is 8. The van der Waals surface area contributed by atoms with Gasteiger partial charge in [-0.05, 0) is 77.0 Å². The van der Waals surface area contributed by atoms with Crippen LogP contribution in [0.2, 0.25) is 0 Å². The Hall–Kier alpha value is -2.11. The summed E-state index contributed by atoms with van der Waals surface area (Å²) in [6.07, 6.45) is 82.1. The summed E-state index contributed by atoms with van der Waals surface area (Å²) in [5.41, 5.74) is 0. The van der Waals surface area contributed by atoms with E-state index < -0.39 is 49.5 Å². The number of allylic oxidation sites excluding steroid dienone is 9. The van der Waals surface area contributed by atoms with E-state index in [1.165, 1.54) is 283 Å². The SMILES string of the molecule is CCCCCCC/C=C\C/C=C\CCCCCCCCCCCCCCCCCCCCCCCCCCCCCC(=O)NC(COC1OC(CO)C(O)C(O)C1O)C(O)/C=C/CC/C=C/CC/C=C/CCCCCCCCCCCCCC. The maximum Gasteiger partial charge on any atom is 0.220 e. The van der Waals surface area contributed by atoms with Crippen LogP contribution in [-0.2, 0) is 14.3 Å². The molecule has 1 heterocycles. The van der Waals surface area contributed by atoms with Crippen LogP contribution < -0.4 is 5.32 Å². The number of ether oxygens (including phenoxy) is 2. The van der Waals surface area contributed by atoms with E-state index in [1.807, 2.05) is 6.08 Å². The molecule has 0 radical (unpaired) electrons. The first-order valence-electron chi connectivity index (χ1n) is 36.5. The van der Waals surface area contributed by atoms with E-state index in [1.54, 1.807) is 6.08 Å². The lowest BCUT2D eigenvalue weighted by Crippen LogP contribution is -2.60. The fourth-order valence-electron chi connectivity index (χ4n) is 11.6. The minimum atomic E-state index is -1.58. The van der Waals surface area contributed by atoms with Gasteiger partial charge in [-0.3, -0.25) is 4.79 Å². The summed E-state index contributed by atoms with van der Waals surface area (Å²) in [7, 11) is 0. The number of carbonyl (C=O) groups excluding carboxylic acids is 1. The zero-order valence-corrected chi connectivity index (χ0v) is 55.2. The van der Waals surface area contributed by atoms with Crippen LogP contribution in [0.1, 0.15) is 354 Å². The smallest absolute Gasteiger partial charge is 0.220 e. The molecule has 1 aliphatic rings. The van der Waals surface area contributed by atoms with Gasteiger partial charge in [-0.15, -0.1) is 0 Å². The summed E-state index contributed by atoms with van der Waals surface area (Å²) in [6, 6.07) is -0.829. The summed E-state index contributed by atoms with van der Waals surface area (Å²) >= 11 is 0. The molecule has 0 aliphatic carbocycles. The van der Waals surface area contributed by atoms with Crippen molar-refractivity contribution >= 4 is 5.91 Å². The van der Waals surface area contributed by atoms with Crippen LogP contribution >= 0.6 is 0 Å². The molecule has 9 heteroatoms. The standard InChI is InChI=1S/C75H139NO8/c1-3-5-7-9-11-13-15-17-19-21-23-25-27-28-29-30-31-32-33-34-35-36-37-38-39-40-41-42-43-45-47-49-51-53-55-57-59-61-63-65-71(79)76-68(67-83-75-74(82)73(81)72(80)70(66-77)84-75)69(78)64-62-60-58-56-54-52-50-48-46-44-26-24-22-20-18-16-14-12-10-8-6-4-2/h15,17,21,23,46,48,54,56,62,64,68-70,72-75,77-78,80-82H,3-14,16,18-20,22,24-45,47,49-53,55,57-61,63,65-67H2,1-2H3,(H,76,79)/b17-15-,23-21-,48-46+,56-54+,64-62+. The lowest BCUT2D eigenvalue weighted by atomic mass is 9.99.